The van der Waals surface area contributed by atoms with E-state index < -0.39 is 0 Å². The van der Waals surface area contributed by atoms with E-state index in [0.29, 0.717) is 0 Å². The Kier molecular flexibility index (Phi) is 8.50. The Morgan fingerprint density at radius 1 is 0.195 bits per heavy atom. The summed E-state index contributed by atoms with van der Waals surface area (Å²) in [7, 11) is 0. The summed E-state index contributed by atoms with van der Waals surface area (Å²) in [5.74, 6) is 0. The van der Waals surface area contributed by atoms with E-state index in [-0.39, 0.29) is 10.8 Å². The van der Waals surface area contributed by atoms with Gasteiger partial charge >= 0.3 is 0 Å². The van der Waals surface area contributed by atoms with E-state index >= 15 is 0 Å². The van der Waals surface area contributed by atoms with Gasteiger partial charge < -0.3 is 0 Å². The molecular weight excluding hydrogens is 985 g/mol. The van der Waals surface area contributed by atoms with E-state index in [2.05, 4.69) is 270 Å². The quantitative estimate of drug-likeness (QED) is 0.154. The fourth-order valence-corrected chi connectivity index (χ4v) is 16.4. The summed E-state index contributed by atoms with van der Waals surface area (Å²) >= 11 is 0. The molecule has 82 heavy (non-hydrogen) atoms. The van der Waals surface area contributed by atoms with Gasteiger partial charge in [-0.1, -0.05) is 246 Å². The predicted molar refractivity (Wildman–Crippen MR) is 350 cm³/mol. The van der Waals surface area contributed by atoms with Crippen molar-refractivity contribution in [2.75, 3.05) is 0 Å². The van der Waals surface area contributed by atoms with Crippen molar-refractivity contribution >= 4 is 86.2 Å². The summed E-state index contributed by atoms with van der Waals surface area (Å²) < 4.78 is 0. The molecule has 0 bridgehead atoms. The summed E-state index contributed by atoms with van der Waals surface area (Å²) in [5.41, 5.74) is 26.0. The highest BCUT2D eigenvalue weighted by Crippen LogP contribution is 2.60. The van der Waals surface area contributed by atoms with Gasteiger partial charge in [-0.2, -0.15) is 0 Å². The van der Waals surface area contributed by atoms with E-state index in [9.17, 15) is 0 Å². The van der Waals surface area contributed by atoms with Crippen molar-refractivity contribution in [3.8, 4) is 89.0 Å². The highest BCUT2D eigenvalue weighted by molar-refractivity contribution is 6.29. The fraction of sp³-hybridized carbons (Fsp3) is 0.0732. The van der Waals surface area contributed by atoms with Gasteiger partial charge in [0.05, 0.1) is 0 Å². The average Bonchev–Trinajstić information content (AvgIpc) is 1.86. The van der Waals surface area contributed by atoms with E-state index in [1.54, 1.807) is 0 Å². The first kappa shape index (κ1) is 44.9. The average molecular weight is 1040 g/mol. The Bertz CT molecular complexity index is 5190. The van der Waals surface area contributed by atoms with Crippen molar-refractivity contribution in [3.05, 3.63) is 265 Å². The third kappa shape index (κ3) is 5.67. The van der Waals surface area contributed by atoms with Crippen LogP contribution in [0, 0.1) is 0 Å². The standard InChI is InChI=1S/C82H52/c1-81(2)68-41-52(56-33-25-50-23-21-46-11-7-13-48-27-39-64(56)75(50)72(46)48)29-35-58(68)60-37-31-54(43-70(60)81)77-62-17-5-6-18-63(62)78(80-67-20-10-16-45-15-9-19-66(74(45)67)79(77)80)55-32-38-61-59-36-30-53(42-69(59)82(3,4)71(61)44-55)57-34-26-51-24-22-47-12-8-14-49-28-40-65(57)76(51)73(47)49/h5-44H,1-4H3. The molecule has 0 saturated heterocycles. The summed E-state index contributed by atoms with van der Waals surface area (Å²) in [6.45, 7) is 9.77. The molecule has 0 aromatic heterocycles. The molecule has 0 saturated carbocycles. The van der Waals surface area contributed by atoms with Crippen molar-refractivity contribution in [2.45, 2.75) is 38.5 Å². The summed E-state index contributed by atoms with van der Waals surface area (Å²) in [4.78, 5) is 0. The lowest BCUT2D eigenvalue weighted by Gasteiger charge is -2.25. The van der Waals surface area contributed by atoms with Crippen molar-refractivity contribution in [1.82, 2.24) is 0 Å². The molecule has 3 aliphatic carbocycles. The van der Waals surface area contributed by atoms with Crippen LogP contribution in [0.2, 0.25) is 0 Å². The maximum atomic E-state index is 2.56. The van der Waals surface area contributed by atoms with Crippen LogP contribution in [0.3, 0.4) is 0 Å². The molecule has 0 nitrogen and oxygen atoms in total. The monoisotopic (exact) mass is 1040 g/mol. The van der Waals surface area contributed by atoms with Crippen LogP contribution in [-0.4, -0.2) is 0 Å². The number of hydrogen-bond acceptors (Lipinski definition) is 0. The Hall–Kier alpha value is -9.88. The third-order valence-electron chi connectivity index (χ3n) is 20.3. The lowest BCUT2D eigenvalue weighted by molar-refractivity contribution is 0.660. The molecule has 380 valence electrons. The summed E-state index contributed by atoms with van der Waals surface area (Å²) in [6, 6.07) is 93.7. The molecule has 0 spiro atoms. The van der Waals surface area contributed by atoms with E-state index in [1.165, 1.54) is 197 Å². The zero-order valence-corrected chi connectivity index (χ0v) is 46.1. The van der Waals surface area contributed by atoms with Gasteiger partial charge in [0.15, 0.2) is 0 Å². The van der Waals surface area contributed by atoms with Gasteiger partial charge in [-0.15, -0.1) is 0 Å². The molecule has 0 amide bonds. The van der Waals surface area contributed by atoms with E-state index in [0.717, 1.165) is 0 Å². The fourth-order valence-electron chi connectivity index (χ4n) is 16.4. The van der Waals surface area contributed by atoms with Gasteiger partial charge in [-0.25, -0.2) is 0 Å². The number of hydrogen-bond donors (Lipinski definition) is 0. The van der Waals surface area contributed by atoms with Crippen molar-refractivity contribution in [2.24, 2.45) is 0 Å². The second-order valence-corrected chi connectivity index (χ2v) is 25.0. The second-order valence-electron chi connectivity index (χ2n) is 25.0. The molecule has 0 unspecified atom stereocenters. The van der Waals surface area contributed by atoms with Crippen LogP contribution in [0.5, 0.6) is 0 Å². The van der Waals surface area contributed by atoms with Crippen LogP contribution in [0.1, 0.15) is 49.9 Å². The van der Waals surface area contributed by atoms with E-state index in [4.69, 9.17) is 0 Å². The first-order chi connectivity index (χ1) is 40.2. The predicted octanol–water partition coefficient (Wildman–Crippen LogP) is 22.7. The second kappa shape index (κ2) is 15.5. The molecule has 0 radical (unpaired) electrons. The zero-order valence-electron chi connectivity index (χ0n) is 46.1. The first-order valence-corrected chi connectivity index (χ1v) is 29.2. The summed E-state index contributed by atoms with van der Waals surface area (Å²) in [6.07, 6.45) is 0. The molecule has 16 aromatic carbocycles. The largest absolute Gasteiger partial charge is 0.0616 e. The Balaban J connectivity index is 0.762. The zero-order chi connectivity index (χ0) is 54.1. The van der Waals surface area contributed by atoms with Gasteiger partial charge in [0, 0.05) is 10.8 Å². The van der Waals surface area contributed by atoms with Crippen LogP contribution in [0.25, 0.3) is 175 Å². The van der Waals surface area contributed by atoms with Gasteiger partial charge in [0.25, 0.3) is 0 Å². The number of benzene rings is 16. The smallest absolute Gasteiger partial charge is 0.0159 e. The molecule has 0 heterocycles. The van der Waals surface area contributed by atoms with Crippen LogP contribution >= 0.6 is 0 Å². The maximum Gasteiger partial charge on any atom is 0.0159 e. The van der Waals surface area contributed by atoms with Crippen LogP contribution in [0.15, 0.2) is 243 Å². The molecule has 0 N–H and O–H groups in total. The van der Waals surface area contributed by atoms with Gasteiger partial charge in [0.2, 0.25) is 0 Å². The molecular formula is C82H52. The van der Waals surface area contributed by atoms with Crippen LogP contribution in [0.4, 0.5) is 0 Å². The van der Waals surface area contributed by atoms with Crippen LogP contribution in [-0.2, 0) is 10.8 Å². The highest BCUT2D eigenvalue weighted by atomic mass is 14.4. The molecule has 19 rings (SSSR count). The molecule has 0 atom stereocenters. The normalized spacial score (nSPS) is 14.3. The van der Waals surface area contributed by atoms with Gasteiger partial charge in [-0.3, -0.25) is 0 Å². The minimum absolute atomic E-state index is 0.236. The highest BCUT2D eigenvalue weighted by Gasteiger charge is 2.39. The van der Waals surface area contributed by atoms with E-state index in [1.807, 2.05) is 0 Å². The lowest BCUT2D eigenvalue weighted by atomic mass is 9.78. The maximum absolute atomic E-state index is 2.56. The van der Waals surface area contributed by atoms with Crippen LogP contribution < -0.4 is 0 Å². The van der Waals surface area contributed by atoms with Gasteiger partial charge in [-0.05, 0) is 222 Å². The van der Waals surface area contributed by atoms with Crippen molar-refractivity contribution in [1.29, 1.82) is 0 Å². The van der Waals surface area contributed by atoms with Gasteiger partial charge in [0.1, 0.15) is 0 Å². The molecule has 3 aliphatic rings. The molecule has 16 aromatic rings. The Morgan fingerprint density at radius 2 is 0.500 bits per heavy atom. The first-order valence-electron chi connectivity index (χ1n) is 29.2. The topological polar surface area (TPSA) is 0 Å². The Labute approximate surface area is 475 Å². The SMILES string of the molecule is CC1(C)c2cc(-c3c4c(c(-c5ccc6c(c5)C(C)(C)c5cc(-c7ccc8ccc9cccc%10ccc7c8c9%10)ccc5-6)c5ccccc35)-c3cccc5cccc-4c35)ccc2-c2ccc(-c3ccc4ccc5cccc6ccc3c4c56)cc21. The molecule has 0 aliphatic heterocycles. The minimum Gasteiger partial charge on any atom is -0.0616 e. The van der Waals surface area contributed by atoms with Crippen molar-refractivity contribution in [3.63, 3.8) is 0 Å². The van der Waals surface area contributed by atoms with Crippen molar-refractivity contribution < 1.29 is 0 Å². The lowest BCUT2D eigenvalue weighted by Crippen LogP contribution is -2.15. The number of fused-ring (bicyclic) bond motifs is 10. The molecule has 0 heteroatoms. The number of rotatable bonds is 4. The summed E-state index contributed by atoms with van der Waals surface area (Å²) in [5, 5.41) is 21.1. The minimum atomic E-state index is -0.236. The molecule has 0 fully saturated rings. The third-order valence-corrected chi connectivity index (χ3v) is 20.3. The Morgan fingerprint density at radius 3 is 0.902 bits per heavy atom.